The van der Waals surface area contributed by atoms with Gasteiger partial charge in [0.25, 0.3) is 0 Å². The molecule has 0 aliphatic carbocycles. The second kappa shape index (κ2) is 6.40. The van der Waals surface area contributed by atoms with Crippen molar-refractivity contribution in [3.05, 3.63) is 0 Å². The second-order valence-corrected chi connectivity index (χ2v) is 3.49. The van der Waals surface area contributed by atoms with Gasteiger partial charge in [-0.15, -0.1) is 0 Å². The van der Waals surface area contributed by atoms with Crippen LogP contribution in [0.25, 0.3) is 0 Å². The Labute approximate surface area is 89.7 Å². The molecule has 1 saturated heterocycles. The van der Waals surface area contributed by atoms with Crippen LogP contribution in [0.1, 0.15) is 26.2 Å². The minimum atomic E-state index is 0.125. The van der Waals surface area contributed by atoms with E-state index in [4.69, 9.17) is 9.94 Å². The Morgan fingerprint density at radius 3 is 2.73 bits per heavy atom. The molecule has 1 aliphatic heterocycles. The molecule has 1 heterocycles. The van der Waals surface area contributed by atoms with Crippen molar-refractivity contribution >= 4 is 11.6 Å². The molecule has 0 aromatic heterocycles. The zero-order valence-electron chi connectivity index (χ0n) is 9.11. The third-order valence-electron chi connectivity index (χ3n) is 2.50. The number of piperidine rings is 1. The van der Waals surface area contributed by atoms with Gasteiger partial charge < -0.3 is 14.8 Å². The van der Waals surface area contributed by atoms with E-state index in [1.807, 2.05) is 6.92 Å². The molecule has 0 bridgehead atoms. The number of hydrogen-bond donors (Lipinski definition) is 1. The molecule has 0 atom stereocenters. The van der Waals surface area contributed by atoms with E-state index in [1.165, 1.54) is 0 Å². The van der Waals surface area contributed by atoms with Gasteiger partial charge in [-0.05, 0) is 6.92 Å². The Morgan fingerprint density at radius 1 is 1.53 bits per heavy atom. The molecule has 0 aromatic rings. The number of nitrogens with zero attached hydrogens (tertiary/aromatic N) is 2. The number of ether oxygens (including phenoxy) is 1. The van der Waals surface area contributed by atoms with E-state index in [2.05, 4.69) is 5.16 Å². The maximum atomic E-state index is 11.6. The first-order chi connectivity index (χ1) is 7.27. The van der Waals surface area contributed by atoms with Gasteiger partial charge in [-0.1, -0.05) is 5.16 Å². The predicted octanol–water partition coefficient (Wildman–Crippen LogP) is 0.866. The lowest BCUT2D eigenvalue weighted by Crippen LogP contribution is -2.39. The highest BCUT2D eigenvalue weighted by molar-refractivity contribution is 5.87. The molecule has 0 saturated carbocycles. The molecule has 0 radical (unpaired) electrons. The average molecular weight is 214 g/mol. The van der Waals surface area contributed by atoms with Gasteiger partial charge in [-0.2, -0.15) is 0 Å². The Morgan fingerprint density at radius 2 is 2.20 bits per heavy atom. The Bertz CT molecular complexity index is 231. The van der Waals surface area contributed by atoms with Crippen LogP contribution in [-0.2, 0) is 9.53 Å². The van der Waals surface area contributed by atoms with Crippen LogP contribution in [0.3, 0.4) is 0 Å². The first-order valence-electron chi connectivity index (χ1n) is 5.33. The minimum Gasteiger partial charge on any atom is -0.411 e. The van der Waals surface area contributed by atoms with Gasteiger partial charge in [0, 0.05) is 32.5 Å². The molecule has 15 heavy (non-hydrogen) atoms. The molecule has 0 aromatic carbocycles. The van der Waals surface area contributed by atoms with Crippen LogP contribution in [0, 0.1) is 0 Å². The minimum absolute atomic E-state index is 0.125. The number of amides is 1. The van der Waals surface area contributed by atoms with Gasteiger partial charge in [-0.3, -0.25) is 4.79 Å². The highest BCUT2D eigenvalue weighted by Gasteiger charge is 2.19. The Balaban J connectivity index is 2.24. The van der Waals surface area contributed by atoms with Gasteiger partial charge in [0.15, 0.2) is 0 Å². The van der Waals surface area contributed by atoms with Crippen molar-refractivity contribution in [2.45, 2.75) is 26.2 Å². The van der Waals surface area contributed by atoms with Crippen molar-refractivity contribution in [3.8, 4) is 0 Å². The third kappa shape index (κ3) is 3.87. The van der Waals surface area contributed by atoms with Gasteiger partial charge in [0.2, 0.25) is 5.91 Å². The standard InChI is InChI=1S/C10H18N2O3/c1-2-15-8-5-10(13)12-6-3-9(11-14)4-7-12/h14H,2-8H2,1H3. The summed E-state index contributed by atoms with van der Waals surface area (Å²) in [4.78, 5) is 13.4. The van der Waals surface area contributed by atoms with E-state index in [0.717, 1.165) is 5.71 Å². The molecule has 1 N–H and O–H groups in total. The molecule has 5 nitrogen and oxygen atoms in total. The molecule has 1 rings (SSSR count). The number of carbonyl (C=O) groups excluding carboxylic acids is 1. The molecule has 1 amide bonds. The summed E-state index contributed by atoms with van der Waals surface area (Å²) < 4.78 is 5.13. The number of carbonyl (C=O) groups is 1. The van der Waals surface area contributed by atoms with Gasteiger partial charge in [-0.25, -0.2) is 0 Å². The quantitative estimate of drug-likeness (QED) is 0.429. The molecule has 0 spiro atoms. The SMILES string of the molecule is CCOCCC(=O)N1CCC(=NO)CC1. The molecule has 1 fully saturated rings. The highest BCUT2D eigenvalue weighted by atomic mass is 16.5. The zero-order chi connectivity index (χ0) is 11.1. The molecular weight excluding hydrogens is 196 g/mol. The maximum Gasteiger partial charge on any atom is 0.224 e. The smallest absolute Gasteiger partial charge is 0.224 e. The van der Waals surface area contributed by atoms with Gasteiger partial charge >= 0.3 is 0 Å². The normalized spacial score (nSPS) is 16.6. The molecule has 5 heteroatoms. The summed E-state index contributed by atoms with van der Waals surface area (Å²) in [5.74, 6) is 0.125. The van der Waals surface area contributed by atoms with E-state index >= 15 is 0 Å². The number of likely N-dealkylation sites (tertiary alicyclic amines) is 1. The molecule has 86 valence electrons. The summed E-state index contributed by atoms with van der Waals surface area (Å²) in [6, 6.07) is 0. The number of hydrogen-bond acceptors (Lipinski definition) is 4. The number of rotatable bonds is 4. The lowest BCUT2D eigenvalue weighted by atomic mass is 10.1. The molecular formula is C10H18N2O3. The summed E-state index contributed by atoms with van der Waals surface area (Å²) in [5, 5.41) is 11.7. The van der Waals surface area contributed by atoms with Crippen molar-refractivity contribution in [3.63, 3.8) is 0 Å². The summed E-state index contributed by atoms with van der Waals surface area (Å²) in [6.07, 6.45) is 1.80. The Kier molecular flexibility index (Phi) is 5.10. The second-order valence-electron chi connectivity index (χ2n) is 3.49. The van der Waals surface area contributed by atoms with Crippen molar-refractivity contribution in [1.29, 1.82) is 0 Å². The van der Waals surface area contributed by atoms with E-state index < -0.39 is 0 Å². The average Bonchev–Trinajstić information content (AvgIpc) is 2.29. The highest BCUT2D eigenvalue weighted by Crippen LogP contribution is 2.08. The summed E-state index contributed by atoms with van der Waals surface area (Å²) in [5.41, 5.74) is 0.781. The number of oxime groups is 1. The lowest BCUT2D eigenvalue weighted by Gasteiger charge is -2.27. The van der Waals surface area contributed by atoms with E-state index in [-0.39, 0.29) is 5.91 Å². The molecule has 1 aliphatic rings. The first kappa shape index (κ1) is 12.0. The van der Waals surface area contributed by atoms with Gasteiger partial charge in [0.05, 0.1) is 18.7 Å². The van der Waals surface area contributed by atoms with E-state index in [9.17, 15) is 4.79 Å². The van der Waals surface area contributed by atoms with Crippen LogP contribution >= 0.6 is 0 Å². The van der Waals surface area contributed by atoms with Crippen LogP contribution in [0.4, 0.5) is 0 Å². The van der Waals surface area contributed by atoms with Crippen molar-refractivity contribution in [2.24, 2.45) is 5.16 Å². The van der Waals surface area contributed by atoms with Crippen LogP contribution in [0.5, 0.6) is 0 Å². The van der Waals surface area contributed by atoms with Crippen LogP contribution < -0.4 is 0 Å². The molecule has 0 unspecified atom stereocenters. The largest absolute Gasteiger partial charge is 0.411 e. The van der Waals surface area contributed by atoms with Crippen LogP contribution in [0.2, 0.25) is 0 Å². The van der Waals surface area contributed by atoms with Crippen molar-refractivity contribution in [1.82, 2.24) is 4.90 Å². The van der Waals surface area contributed by atoms with E-state index in [1.54, 1.807) is 4.90 Å². The monoisotopic (exact) mass is 214 g/mol. The van der Waals surface area contributed by atoms with Crippen molar-refractivity contribution in [2.75, 3.05) is 26.3 Å². The fourth-order valence-corrected chi connectivity index (χ4v) is 1.58. The summed E-state index contributed by atoms with van der Waals surface area (Å²) >= 11 is 0. The predicted molar refractivity (Wildman–Crippen MR) is 56.1 cm³/mol. The fourth-order valence-electron chi connectivity index (χ4n) is 1.58. The summed E-state index contributed by atoms with van der Waals surface area (Å²) in [6.45, 7) is 4.37. The topological polar surface area (TPSA) is 62.1 Å². The zero-order valence-corrected chi connectivity index (χ0v) is 9.11. The van der Waals surface area contributed by atoms with Gasteiger partial charge in [0.1, 0.15) is 0 Å². The first-order valence-corrected chi connectivity index (χ1v) is 5.33. The van der Waals surface area contributed by atoms with E-state index in [0.29, 0.717) is 45.6 Å². The lowest BCUT2D eigenvalue weighted by molar-refractivity contribution is -0.132. The van der Waals surface area contributed by atoms with Crippen LogP contribution in [-0.4, -0.2) is 48.0 Å². The van der Waals surface area contributed by atoms with Crippen LogP contribution in [0.15, 0.2) is 5.16 Å². The maximum absolute atomic E-state index is 11.6. The summed E-state index contributed by atoms with van der Waals surface area (Å²) in [7, 11) is 0. The van der Waals surface area contributed by atoms with Crippen molar-refractivity contribution < 1.29 is 14.7 Å². The third-order valence-corrected chi connectivity index (χ3v) is 2.50. The Hall–Kier alpha value is -1.10. The fraction of sp³-hybridized carbons (Fsp3) is 0.800.